The summed E-state index contributed by atoms with van der Waals surface area (Å²) in [4.78, 5) is 222. The highest BCUT2D eigenvalue weighted by atomic mass is 16.5. The molecule has 0 fully saturated rings. The predicted molar refractivity (Wildman–Crippen MR) is 412 cm³/mol. The molecule has 8 amide bonds. The number of nitrogens with one attached hydrogen (secondary N) is 8. The lowest BCUT2D eigenvalue weighted by molar-refractivity contribution is -0.121. The highest BCUT2D eigenvalue weighted by Crippen LogP contribution is 2.31. The van der Waals surface area contributed by atoms with Gasteiger partial charge in [-0.2, -0.15) is 0 Å². The van der Waals surface area contributed by atoms with Crippen LogP contribution in [0.3, 0.4) is 0 Å². The van der Waals surface area contributed by atoms with Gasteiger partial charge in [-0.1, -0.05) is 6.07 Å². The number of aryl methyl sites for hydroxylation is 4. The molecule has 8 rings (SSSR count). The van der Waals surface area contributed by atoms with E-state index in [-0.39, 0.29) is 136 Å². The molecule has 3 radical (unpaired) electrons. The van der Waals surface area contributed by atoms with Gasteiger partial charge in [-0.25, -0.2) is 33.6 Å². The van der Waals surface area contributed by atoms with Gasteiger partial charge in [0, 0.05) is 66.5 Å². The van der Waals surface area contributed by atoms with Gasteiger partial charge >= 0.3 is 41.8 Å². The van der Waals surface area contributed by atoms with Gasteiger partial charge in [-0.05, 0) is 171 Å². The molecule has 0 spiro atoms. The van der Waals surface area contributed by atoms with Gasteiger partial charge in [0.2, 0.25) is 0 Å². The standard InChI is InChI=1S/C20H18N2O8.C20H20N2O7.2C19H16N2O8.B/c1-10-4-11(20(28)29-3)6-12(5-10)22-18(25)13-8-16(30-9-23)15(17(24)21-2)7-14(13)19(26)27;1-11-4-12(9-28-3)6-13(5-11)22-19(25)14-8-17(29-10-23)16(18(24)21-2)7-15(14)20(26)27;2*1-9-3-10(18(25)26)5-11(4-9)21-17(24)12-7-15(29-8-22)14(16(23)20-2)6-13(12)19(27)28;/h4-9H,1-3H3,(H,21,24)(H,22,25)(H,26,27);4-8,10H,9H2,1-3H3,(H,21,24)(H,22,25)(H,26,27);2*3-8H,1-2H3,(H,20,23)(H,21,24)(H,25,26)(H,27,28);. The number of carbonyl (C=O) groups excluding carboxylic acids is 13. The van der Waals surface area contributed by atoms with E-state index in [1.54, 1.807) is 52.1 Å². The maximum Gasteiger partial charge on any atom is 0.337 e. The number of rotatable bonds is 29. The first kappa shape index (κ1) is 94.1. The zero-order valence-electron chi connectivity index (χ0n) is 63.5. The van der Waals surface area contributed by atoms with Crippen LogP contribution in [0.15, 0.2) is 121 Å². The van der Waals surface area contributed by atoms with Crippen molar-refractivity contribution in [1.82, 2.24) is 21.3 Å². The van der Waals surface area contributed by atoms with Gasteiger partial charge in [0.25, 0.3) is 73.1 Å². The SMILES string of the molecule is CNC(=O)c1cc(C(=O)O)c(C(=O)Nc2cc(C)cc(C(=O)O)c2)cc1OC=O.CNC(=O)c1cc(C(=O)O)c(C(=O)Nc2cc(C)cc(C(=O)O)c2)cc1OC=O.CNC(=O)c1cc(C(=O)O)c(C(=O)Nc2cc(C)cc(C(=O)OC)c2)cc1OC=O.CNC(=O)c1cc(C(=O)O)c(C(=O)Nc2cc(C)cc(COC)c2)cc1OC=O.[B]. The van der Waals surface area contributed by atoms with Crippen molar-refractivity contribution in [3.63, 3.8) is 0 Å². The maximum atomic E-state index is 12.8. The Morgan fingerprint density at radius 3 is 0.746 bits per heavy atom. The van der Waals surface area contributed by atoms with Crippen LogP contribution < -0.4 is 61.5 Å². The summed E-state index contributed by atoms with van der Waals surface area (Å²) in [6.07, 6.45) is 0. The van der Waals surface area contributed by atoms with Crippen LogP contribution in [0, 0.1) is 27.7 Å². The van der Waals surface area contributed by atoms with E-state index < -0.39 is 111 Å². The molecule has 0 aliphatic rings. The number of carboxylic acids is 6. The van der Waals surface area contributed by atoms with Crippen LogP contribution in [-0.4, -0.2) is 196 Å². The van der Waals surface area contributed by atoms with E-state index in [4.69, 9.17) is 33.9 Å². The number of methoxy groups -OCH3 is 2. The van der Waals surface area contributed by atoms with Gasteiger partial charge in [0.15, 0.2) is 0 Å². The van der Waals surface area contributed by atoms with Crippen molar-refractivity contribution in [3.8, 4) is 23.0 Å². The number of carboxylic acid groups (broad SMARTS) is 6. The van der Waals surface area contributed by atoms with E-state index in [2.05, 4.69) is 47.3 Å². The number of carbonyl (C=O) groups is 19. The van der Waals surface area contributed by atoms with E-state index in [1.807, 2.05) is 13.0 Å². The normalized spacial score (nSPS) is 9.95. The fraction of sp³-hybridized carbons (Fsp3) is 0.141. The summed E-state index contributed by atoms with van der Waals surface area (Å²) in [5, 5.41) is 75.2. The summed E-state index contributed by atoms with van der Waals surface area (Å²) in [5.74, 6) is -16.3. The van der Waals surface area contributed by atoms with Crippen LogP contribution in [-0.2, 0) is 35.3 Å². The Morgan fingerprint density at radius 1 is 0.288 bits per heavy atom. The molecule has 0 aliphatic heterocycles. The Labute approximate surface area is 668 Å². The summed E-state index contributed by atoms with van der Waals surface area (Å²) in [7, 11) is 8.00. The van der Waals surface area contributed by atoms with Gasteiger partial charge in [-0.3, -0.25) is 57.5 Å². The Kier molecular flexibility index (Phi) is 34.7. The summed E-state index contributed by atoms with van der Waals surface area (Å²) >= 11 is 0. The Morgan fingerprint density at radius 2 is 0.525 bits per heavy atom. The van der Waals surface area contributed by atoms with Crippen LogP contribution in [0.4, 0.5) is 22.7 Å². The Balaban J connectivity index is 0.000000330. The second-order valence-electron chi connectivity index (χ2n) is 23.8. The van der Waals surface area contributed by atoms with E-state index in [0.717, 1.165) is 59.7 Å². The number of esters is 1. The zero-order valence-corrected chi connectivity index (χ0v) is 63.5. The Hall–Kier alpha value is -16.3. The molecule has 0 atom stereocenters. The lowest BCUT2D eigenvalue weighted by Crippen LogP contribution is -2.22. The molecule has 0 bridgehead atoms. The van der Waals surface area contributed by atoms with Crippen LogP contribution in [0.1, 0.15) is 183 Å². The summed E-state index contributed by atoms with van der Waals surface area (Å²) < 4.78 is 28.7. The highest BCUT2D eigenvalue weighted by Gasteiger charge is 2.30. The van der Waals surface area contributed by atoms with E-state index >= 15 is 0 Å². The van der Waals surface area contributed by atoms with Gasteiger partial charge < -0.3 is 102 Å². The lowest BCUT2D eigenvalue weighted by atomic mass is 10.0. The number of amides is 8. The van der Waals surface area contributed by atoms with Crippen molar-refractivity contribution in [3.05, 3.63) is 233 Å². The molecule has 0 saturated carbocycles. The largest absolute Gasteiger partial charge is 0.478 e. The summed E-state index contributed by atoms with van der Waals surface area (Å²) in [5.41, 5.74) is 0.145. The molecule has 0 aromatic heterocycles. The lowest BCUT2D eigenvalue weighted by Gasteiger charge is -2.13. The first-order valence-corrected chi connectivity index (χ1v) is 33.1. The number of hydrogen-bond donors (Lipinski definition) is 14. The molecule has 14 N–H and O–H groups in total. The summed E-state index contributed by atoms with van der Waals surface area (Å²) in [6.45, 7) is 7.31. The quantitative estimate of drug-likeness (QED) is 0.0139. The minimum atomic E-state index is -1.49. The van der Waals surface area contributed by atoms with Gasteiger partial charge in [0.1, 0.15) is 23.0 Å². The molecule has 118 heavy (non-hydrogen) atoms. The van der Waals surface area contributed by atoms with Crippen molar-refractivity contribution in [2.75, 3.05) is 63.7 Å². The first-order chi connectivity index (χ1) is 55.3. The molecular formula is C78H70BN8O31. The molecule has 0 saturated heterocycles. The van der Waals surface area contributed by atoms with Crippen molar-refractivity contribution < 1.29 is 150 Å². The highest BCUT2D eigenvalue weighted by molar-refractivity contribution is 6.17. The third-order valence-electron chi connectivity index (χ3n) is 15.6. The van der Waals surface area contributed by atoms with E-state index in [0.29, 0.717) is 29.0 Å². The number of ether oxygens (including phenoxy) is 6. The molecular weight excluding hydrogens is 1560 g/mol. The second kappa shape index (κ2) is 43.5. The van der Waals surface area contributed by atoms with Crippen molar-refractivity contribution in [2.24, 2.45) is 0 Å². The molecule has 0 heterocycles. The minimum absolute atomic E-state index is 0. The van der Waals surface area contributed by atoms with Crippen LogP contribution in [0.25, 0.3) is 0 Å². The smallest absolute Gasteiger partial charge is 0.337 e. The number of aromatic carboxylic acids is 6. The third kappa shape index (κ3) is 25.1. The fourth-order valence-corrected chi connectivity index (χ4v) is 10.7. The van der Waals surface area contributed by atoms with Crippen molar-refractivity contribution >= 4 is 146 Å². The summed E-state index contributed by atoms with van der Waals surface area (Å²) in [6, 6.07) is 25.6. The van der Waals surface area contributed by atoms with Crippen LogP contribution >= 0.6 is 0 Å². The molecule has 8 aromatic carbocycles. The minimum Gasteiger partial charge on any atom is -0.478 e. The number of benzene rings is 8. The average Bonchev–Trinajstić information content (AvgIpc) is 0.806. The average molecular weight is 1630 g/mol. The number of anilines is 4. The predicted octanol–water partition coefficient (Wildman–Crippen LogP) is 6.31. The molecule has 8 aromatic rings. The van der Waals surface area contributed by atoms with E-state index in [1.165, 1.54) is 77.8 Å². The zero-order chi connectivity index (χ0) is 87.4. The fourth-order valence-electron chi connectivity index (χ4n) is 10.7. The van der Waals surface area contributed by atoms with Gasteiger partial charge in [0.05, 0.1) is 97.2 Å². The third-order valence-corrected chi connectivity index (χ3v) is 15.6. The van der Waals surface area contributed by atoms with Crippen LogP contribution in [0.2, 0.25) is 0 Å². The molecule has 0 aliphatic carbocycles. The monoisotopic (exact) mass is 1630 g/mol. The van der Waals surface area contributed by atoms with Crippen molar-refractivity contribution in [1.29, 1.82) is 0 Å². The first-order valence-electron chi connectivity index (χ1n) is 33.1. The van der Waals surface area contributed by atoms with E-state index in [9.17, 15) is 112 Å². The molecule has 40 heteroatoms. The topological polar surface area (TPSA) is 597 Å². The van der Waals surface area contributed by atoms with Crippen LogP contribution in [0.5, 0.6) is 23.0 Å². The molecule has 611 valence electrons. The molecule has 0 unspecified atom stereocenters. The maximum absolute atomic E-state index is 12.8. The molecule has 39 nitrogen and oxygen atoms in total. The Bertz CT molecular complexity index is 5220. The van der Waals surface area contributed by atoms with Crippen molar-refractivity contribution in [2.45, 2.75) is 34.3 Å². The second-order valence-corrected chi connectivity index (χ2v) is 23.8. The van der Waals surface area contributed by atoms with Gasteiger partial charge in [-0.15, -0.1) is 0 Å². The number of hydrogen-bond acceptors (Lipinski definition) is 25.